The van der Waals surface area contributed by atoms with Crippen LogP contribution in [0.4, 0.5) is 4.39 Å². The van der Waals surface area contributed by atoms with Gasteiger partial charge in [-0.05, 0) is 42.5 Å². The van der Waals surface area contributed by atoms with Crippen LogP contribution in [0.5, 0.6) is 5.75 Å². The van der Waals surface area contributed by atoms with Gasteiger partial charge >= 0.3 is 0 Å². The molecule has 0 aliphatic carbocycles. The average molecular weight is 371 g/mol. The van der Waals surface area contributed by atoms with Crippen molar-refractivity contribution >= 4 is 5.91 Å². The number of aryl methyl sites for hydroxylation is 1. The molecule has 2 aromatic carbocycles. The zero-order chi connectivity index (χ0) is 19.1. The normalized spacial score (nSPS) is 15.0. The summed E-state index contributed by atoms with van der Waals surface area (Å²) in [7, 11) is 1.44. The molecule has 2 aromatic rings. The second-order valence-corrected chi connectivity index (χ2v) is 6.85. The van der Waals surface area contributed by atoms with Gasteiger partial charge in [-0.15, -0.1) is 0 Å². The first kappa shape index (κ1) is 19.4. The van der Waals surface area contributed by atoms with E-state index in [1.54, 1.807) is 12.1 Å². The summed E-state index contributed by atoms with van der Waals surface area (Å²) in [6.07, 6.45) is 2.83. The molecular weight excluding hydrogens is 345 g/mol. The van der Waals surface area contributed by atoms with E-state index >= 15 is 0 Å². The maximum Gasteiger partial charge on any atom is 0.222 e. The van der Waals surface area contributed by atoms with Crippen LogP contribution in [0.15, 0.2) is 48.5 Å². The van der Waals surface area contributed by atoms with Crippen LogP contribution in [0.25, 0.3) is 0 Å². The second kappa shape index (κ2) is 9.51. The van der Waals surface area contributed by atoms with Crippen LogP contribution in [0.1, 0.15) is 30.4 Å². The Morgan fingerprint density at radius 2 is 1.85 bits per heavy atom. The number of rotatable bonds is 7. The van der Waals surface area contributed by atoms with Crippen molar-refractivity contribution in [3.8, 4) is 5.75 Å². The van der Waals surface area contributed by atoms with Crippen molar-refractivity contribution in [2.45, 2.75) is 38.4 Å². The topological polar surface area (TPSA) is 38.8 Å². The molecule has 0 aromatic heterocycles. The maximum atomic E-state index is 13.7. The van der Waals surface area contributed by atoms with E-state index in [1.165, 1.54) is 18.7 Å². The molecule has 1 saturated heterocycles. The van der Waals surface area contributed by atoms with Crippen molar-refractivity contribution in [3.05, 3.63) is 65.5 Å². The molecule has 1 aliphatic rings. The fourth-order valence-corrected chi connectivity index (χ4v) is 3.33. The van der Waals surface area contributed by atoms with Gasteiger partial charge in [0.25, 0.3) is 0 Å². The smallest absolute Gasteiger partial charge is 0.222 e. The molecule has 0 saturated carbocycles. The molecule has 0 unspecified atom stereocenters. The molecule has 0 radical (unpaired) electrons. The molecule has 4 nitrogen and oxygen atoms in total. The molecule has 3 rings (SSSR count). The van der Waals surface area contributed by atoms with Crippen molar-refractivity contribution in [2.75, 3.05) is 20.2 Å². The average Bonchev–Trinajstić information content (AvgIpc) is 2.72. The standard InChI is InChI=1S/C22H26FNO3/c1-26-21-9-7-17(15-20(21)23)8-10-22(25)24-13-11-19(12-14-24)27-16-18-5-3-2-4-6-18/h2-7,9,15,19H,8,10-14,16H2,1H3. The van der Waals surface area contributed by atoms with Crippen molar-refractivity contribution in [2.24, 2.45) is 0 Å². The lowest BCUT2D eigenvalue weighted by Crippen LogP contribution is -2.40. The van der Waals surface area contributed by atoms with Crippen molar-refractivity contribution in [1.29, 1.82) is 0 Å². The fourth-order valence-electron chi connectivity index (χ4n) is 3.33. The number of amides is 1. The zero-order valence-corrected chi connectivity index (χ0v) is 15.7. The summed E-state index contributed by atoms with van der Waals surface area (Å²) in [6.45, 7) is 2.05. The molecule has 27 heavy (non-hydrogen) atoms. The van der Waals surface area contributed by atoms with Crippen molar-refractivity contribution < 1.29 is 18.7 Å². The Hall–Kier alpha value is -2.40. The van der Waals surface area contributed by atoms with E-state index in [4.69, 9.17) is 9.47 Å². The number of benzene rings is 2. The van der Waals surface area contributed by atoms with E-state index < -0.39 is 0 Å². The van der Waals surface area contributed by atoms with E-state index in [0.717, 1.165) is 31.5 Å². The van der Waals surface area contributed by atoms with Gasteiger partial charge in [-0.25, -0.2) is 4.39 Å². The third-order valence-corrected chi connectivity index (χ3v) is 4.97. The number of hydrogen-bond donors (Lipinski definition) is 0. The molecule has 5 heteroatoms. The van der Waals surface area contributed by atoms with Gasteiger partial charge in [0, 0.05) is 19.5 Å². The number of halogens is 1. The third kappa shape index (κ3) is 5.54. The Morgan fingerprint density at radius 1 is 1.11 bits per heavy atom. The third-order valence-electron chi connectivity index (χ3n) is 4.97. The van der Waals surface area contributed by atoms with Gasteiger partial charge in [-0.1, -0.05) is 36.4 Å². The lowest BCUT2D eigenvalue weighted by molar-refractivity contribution is -0.134. The van der Waals surface area contributed by atoms with Gasteiger partial charge in [-0.2, -0.15) is 0 Å². The van der Waals surface area contributed by atoms with Crippen LogP contribution in [-0.4, -0.2) is 37.1 Å². The number of likely N-dealkylation sites (tertiary alicyclic amines) is 1. The number of piperidine rings is 1. The van der Waals surface area contributed by atoms with Crippen LogP contribution in [0.2, 0.25) is 0 Å². The highest BCUT2D eigenvalue weighted by Gasteiger charge is 2.23. The highest BCUT2D eigenvalue weighted by atomic mass is 19.1. The number of nitrogens with zero attached hydrogens (tertiary/aromatic N) is 1. The largest absolute Gasteiger partial charge is 0.494 e. The Morgan fingerprint density at radius 3 is 2.52 bits per heavy atom. The summed E-state index contributed by atoms with van der Waals surface area (Å²) in [5.41, 5.74) is 1.98. The number of methoxy groups -OCH3 is 1. The summed E-state index contributed by atoms with van der Waals surface area (Å²) >= 11 is 0. The second-order valence-electron chi connectivity index (χ2n) is 6.85. The molecule has 0 bridgehead atoms. The summed E-state index contributed by atoms with van der Waals surface area (Å²) in [6, 6.07) is 15.0. The maximum absolute atomic E-state index is 13.7. The first-order valence-electron chi connectivity index (χ1n) is 9.41. The lowest BCUT2D eigenvalue weighted by atomic mass is 10.1. The molecule has 1 amide bonds. The molecule has 144 valence electrons. The number of hydrogen-bond acceptors (Lipinski definition) is 3. The van der Waals surface area contributed by atoms with Crippen LogP contribution in [0, 0.1) is 5.82 Å². The lowest BCUT2D eigenvalue weighted by Gasteiger charge is -2.32. The van der Waals surface area contributed by atoms with E-state index in [0.29, 0.717) is 19.4 Å². The monoisotopic (exact) mass is 371 g/mol. The first-order valence-corrected chi connectivity index (χ1v) is 9.41. The summed E-state index contributed by atoms with van der Waals surface area (Å²) in [4.78, 5) is 14.3. The van der Waals surface area contributed by atoms with Gasteiger partial charge in [0.15, 0.2) is 11.6 Å². The Labute approximate surface area is 159 Å². The summed E-state index contributed by atoms with van der Waals surface area (Å²) < 4.78 is 24.6. The molecular formula is C22H26FNO3. The SMILES string of the molecule is COc1ccc(CCC(=O)N2CCC(OCc3ccccc3)CC2)cc1F. The molecule has 1 heterocycles. The minimum Gasteiger partial charge on any atom is -0.494 e. The molecule has 1 fully saturated rings. The fraction of sp³-hybridized carbons (Fsp3) is 0.409. The van der Waals surface area contributed by atoms with E-state index in [9.17, 15) is 9.18 Å². The molecule has 0 spiro atoms. The molecule has 0 N–H and O–H groups in total. The Balaban J connectivity index is 1.40. The van der Waals surface area contributed by atoms with E-state index in [1.807, 2.05) is 23.1 Å². The Kier molecular flexibility index (Phi) is 6.82. The highest BCUT2D eigenvalue weighted by Crippen LogP contribution is 2.20. The van der Waals surface area contributed by atoms with Gasteiger partial charge in [-0.3, -0.25) is 4.79 Å². The Bertz CT molecular complexity index is 742. The summed E-state index contributed by atoms with van der Waals surface area (Å²) in [5, 5.41) is 0. The minimum atomic E-state index is -0.390. The quantitative estimate of drug-likeness (QED) is 0.739. The van der Waals surface area contributed by atoms with Crippen LogP contribution >= 0.6 is 0 Å². The van der Waals surface area contributed by atoms with E-state index in [-0.39, 0.29) is 23.6 Å². The van der Waals surface area contributed by atoms with Crippen molar-refractivity contribution in [3.63, 3.8) is 0 Å². The van der Waals surface area contributed by atoms with Gasteiger partial charge in [0.1, 0.15) is 0 Å². The van der Waals surface area contributed by atoms with Gasteiger partial charge in [0.2, 0.25) is 5.91 Å². The minimum absolute atomic E-state index is 0.118. The molecule has 0 atom stereocenters. The first-order chi connectivity index (χ1) is 13.2. The zero-order valence-electron chi connectivity index (χ0n) is 15.7. The van der Waals surface area contributed by atoms with Gasteiger partial charge in [0.05, 0.1) is 19.8 Å². The van der Waals surface area contributed by atoms with Crippen LogP contribution in [0.3, 0.4) is 0 Å². The highest BCUT2D eigenvalue weighted by molar-refractivity contribution is 5.76. The predicted octanol–water partition coefficient (Wildman–Crippen LogP) is 3.97. The van der Waals surface area contributed by atoms with Crippen LogP contribution in [-0.2, 0) is 22.6 Å². The van der Waals surface area contributed by atoms with Crippen molar-refractivity contribution in [1.82, 2.24) is 4.90 Å². The van der Waals surface area contributed by atoms with Gasteiger partial charge < -0.3 is 14.4 Å². The predicted molar refractivity (Wildman–Crippen MR) is 102 cm³/mol. The number of ether oxygens (including phenoxy) is 2. The molecule has 1 aliphatic heterocycles. The van der Waals surface area contributed by atoms with E-state index in [2.05, 4.69) is 12.1 Å². The number of carbonyl (C=O) groups excluding carboxylic acids is 1. The summed E-state index contributed by atoms with van der Waals surface area (Å²) in [5.74, 6) is -0.0470. The number of carbonyl (C=O) groups is 1. The van der Waals surface area contributed by atoms with Crippen LogP contribution < -0.4 is 4.74 Å².